The summed E-state index contributed by atoms with van der Waals surface area (Å²) in [6.07, 6.45) is 0. The molecule has 0 aromatic heterocycles. The standard InChI is InChI=1S/C21H28N2O3/c1-4-26-18-7-5-6-16(14-18)21(23-12-10-22-11-13-23)19-9-8-17(24-2)15-20(19)25-3/h5-9,14-15,21-22H,4,10-13H2,1-3H3. The summed E-state index contributed by atoms with van der Waals surface area (Å²) in [5, 5.41) is 3.43. The molecule has 1 aliphatic heterocycles. The van der Waals surface area contributed by atoms with Gasteiger partial charge in [-0.3, -0.25) is 4.90 Å². The average Bonchev–Trinajstić information content (AvgIpc) is 2.70. The van der Waals surface area contributed by atoms with Gasteiger partial charge in [-0.05, 0) is 36.8 Å². The molecule has 2 aromatic carbocycles. The summed E-state index contributed by atoms with van der Waals surface area (Å²) in [6.45, 7) is 6.61. The molecule has 0 saturated carbocycles. The van der Waals surface area contributed by atoms with E-state index in [9.17, 15) is 0 Å². The third-order valence-electron chi connectivity index (χ3n) is 4.74. The Hall–Kier alpha value is -2.24. The van der Waals surface area contributed by atoms with Crippen LogP contribution >= 0.6 is 0 Å². The number of piperazine rings is 1. The number of benzene rings is 2. The monoisotopic (exact) mass is 356 g/mol. The Morgan fingerprint density at radius 1 is 1.00 bits per heavy atom. The van der Waals surface area contributed by atoms with E-state index in [0.717, 1.165) is 49.0 Å². The van der Waals surface area contributed by atoms with Gasteiger partial charge in [-0.2, -0.15) is 0 Å². The summed E-state index contributed by atoms with van der Waals surface area (Å²) in [4.78, 5) is 2.49. The van der Waals surface area contributed by atoms with Crippen LogP contribution in [0.15, 0.2) is 42.5 Å². The van der Waals surface area contributed by atoms with Crippen molar-refractivity contribution in [1.82, 2.24) is 10.2 Å². The molecule has 1 aliphatic rings. The van der Waals surface area contributed by atoms with Crippen molar-refractivity contribution in [1.29, 1.82) is 0 Å². The van der Waals surface area contributed by atoms with Crippen molar-refractivity contribution in [3.05, 3.63) is 53.6 Å². The molecule has 0 spiro atoms. The first kappa shape index (κ1) is 18.5. The molecule has 5 nitrogen and oxygen atoms in total. The van der Waals surface area contributed by atoms with Crippen molar-refractivity contribution in [3.8, 4) is 17.2 Å². The Morgan fingerprint density at radius 2 is 1.81 bits per heavy atom. The van der Waals surface area contributed by atoms with Gasteiger partial charge in [-0.25, -0.2) is 0 Å². The highest BCUT2D eigenvalue weighted by atomic mass is 16.5. The Labute approximate surface area is 155 Å². The number of hydrogen-bond donors (Lipinski definition) is 1. The number of methoxy groups -OCH3 is 2. The van der Waals surface area contributed by atoms with Crippen LogP contribution in [0.4, 0.5) is 0 Å². The lowest BCUT2D eigenvalue weighted by Gasteiger charge is -2.36. The van der Waals surface area contributed by atoms with E-state index in [2.05, 4.69) is 34.5 Å². The molecule has 1 heterocycles. The lowest BCUT2D eigenvalue weighted by atomic mass is 9.95. The van der Waals surface area contributed by atoms with Crippen molar-refractivity contribution < 1.29 is 14.2 Å². The van der Waals surface area contributed by atoms with E-state index in [1.54, 1.807) is 14.2 Å². The fraction of sp³-hybridized carbons (Fsp3) is 0.429. The van der Waals surface area contributed by atoms with Gasteiger partial charge in [-0.15, -0.1) is 0 Å². The maximum Gasteiger partial charge on any atom is 0.127 e. The van der Waals surface area contributed by atoms with E-state index < -0.39 is 0 Å². The van der Waals surface area contributed by atoms with Gasteiger partial charge in [0.2, 0.25) is 0 Å². The molecular weight excluding hydrogens is 328 g/mol. The van der Waals surface area contributed by atoms with Crippen LogP contribution in [0.2, 0.25) is 0 Å². The summed E-state index contributed by atoms with van der Waals surface area (Å²) < 4.78 is 16.8. The second kappa shape index (κ2) is 8.92. The normalized spacial score (nSPS) is 16.1. The molecule has 1 fully saturated rings. The Kier molecular flexibility index (Phi) is 6.36. The Bertz CT molecular complexity index is 714. The summed E-state index contributed by atoms with van der Waals surface area (Å²) in [5.74, 6) is 2.54. The minimum atomic E-state index is 0.110. The molecule has 1 atom stereocenters. The van der Waals surface area contributed by atoms with Gasteiger partial charge in [0, 0.05) is 37.8 Å². The number of nitrogens with one attached hydrogen (secondary N) is 1. The molecule has 1 unspecified atom stereocenters. The largest absolute Gasteiger partial charge is 0.497 e. The molecule has 26 heavy (non-hydrogen) atoms. The van der Waals surface area contributed by atoms with E-state index >= 15 is 0 Å². The summed E-state index contributed by atoms with van der Waals surface area (Å²) in [6, 6.07) is 14.5. The van der Waals surface area contributed by atoms with Crippen LogP contribution in [0.1, 0.15) is 24.1 Å². The van der Waals surface area contributed by atoms with Gasteiger partial charge < -0.3 is 19.5 Å². The number of hydrogen-bond acceptors (Lipinski definition) is 5. The average molecular weight is 356 g/mol. The molecule has 140 valence electrons. The van der Waals surface area contributed by atoms with Crippen LogP contribution in [-0.2, 0) is 0 Å². The topological polar surface area (TPSA) is 43.0 Å². The first-order chi connectivity index (χ1) is 12.8. The molecule has 1 N–H and O–H groups in total. The van der Waals surface area contributed by atoms with Crippen LogP contribution in [0, 0.1) is 0 Å². The smallest absolute Gasteiger partial charge is 0.127 e. The molecule has 0 bridgehead atoms. The van der Waals surface area contributed by atoms with Gasteiger partial charge >= 0.3 is 0 Å². The lowest BCUT2D eigenvalue weighted by Crippen LogP contribution is -2.45. The van der Waals surface area contributed by atoms with E-state index in [1.807, 2.05) is 25.1 Å². The minimum absolute atomic E-state index is 0.110. The zero-order valence-electron chi connectivity index (χ0n) is 15.8. The minimum Gasteiger partial charge on any atom is -0.497 e. The highest BCUT2D eigenvalue weighted by Crippen LogP contribution is 2.37. The zero-order chi connectivity index (χ0) is 18.4. The van der Waals surface area contributed by atoms with Crippen LogP contribution in [-0.4, -0.2) is 51.9 Å². The van der Waals surface area contributed by atoms with Crippen molar-refractivity contribution in [2.75, 3.05) is 47.0 Å². The van der Waals surface area contributed by atoms with Crippen molar-refractivity contribution >= 4 is 0 Å². The molecule has 2 aromatic rings. The number of nitrogens with zero attached hydrogens (tertiary/aromatic N) is 1. The fourth-order valence-electron chi connectivity index (χ4n) is 3.51. The molecular formula is C21H28N2O3. The van der Waals surface area contributed by atoms with Crippen LogP contribution < -0.4 is 19.5 Å². The van der Waals surface area contributed by atoms with E-state index in [1.165, 1.54) is 5.56 Å². The second-order valence-electron chi connectivity index (χ2n) is 6.30. The molecule has 0 amide bonds. The van der Waals surface area contributed by atoms with Gasteiger partial charge in [-0.1, -0.05) is 12.1 Å². The Balaban J connectivity index is 2.05. The maximum absolute atomic E-state index is 5.73. The van der Waals surface area contributed by atoms with Gasteiger partial charge in [0.1, 0.15) is 17.2 Å². The predicted molar refractivity (Wildman–Crippen MR) is 103 cm³/mol. The van der Waals surface area contributed by atoms with Crippen molar-refractivity contribution in [3.63, 3.8) is 0 Å². The van der Waals surface area contributed by atoms with Gasteiger partial charge in [0.15, 0.2) is 0 Å². The summed E-state index contributed by atoms with van der Waals surface area (Å²) >= 11 is 0. The van der Waals surface area contributed by atoms with Crippen molar-refractivity contribution in [2.24, 2.45) is 0 Å². The van der Waals surface area contributed by atoms with E-state index in [4.69, 9.17) is 14.2 Å². The predicted octanol–water partition coefficient (Wildman–Crippen LogP) is 3.10. The van der Waals surface area contributed by atoms with Crippen LogP contribution in [0.25, 0.3) is 0 Å². The highest BCUT2D eigenvalue weighted by molar-refractivity contribution is 5.47. The summed E-state index contributed by atoms with van der Waals surface area (Å²) in [7, 11) is 3.39. The molecule has 0 aliphatic carbocycles. The third kappa shape index (κ3) is 4.11. The van der Waals surface area contributed by atoms with E-state index in [0.29, 0.717) is 6.61 Å². The quantitative estimate of drug-likeness (QED) is 0.826. The first-order valence-electron chi connectivity index (χ1n) is 9.16. The number of ether oxygens (including phenoxy) is 3. The first-order valence-corrected chi connectivity index (χ1v) is 9.16. The fourth-order valence-corrected chi connectivity index (χ4v) is 3.51. The number of rotatable bonds is 7. The molecule has 0 radical (unpaired) electrons. The third-order valence-corrected chi connectivity index (χ3v) is 4.74. The molecule has 3 rings (SSSR count). The Morgan fingerprint density at radius 3 is 2.50 bits per heavy atom. The maximum atomic E-state index is 5.73. The van der Waals surface area contributed by atoms with Gasteiger partial charge in [0.25, 0.3) is 0 Å². The van der Waals surface area contributed by atoms with Crippen LogP contribution in [0.5, 0.6) is 17.2 Å². The zero-order valence-corrected chi connectivity index (χ0v) is 15.8. The van der Waals surface area contributed by atoms with E-state index in [-0.39, 0.29) is 6.04 Å². The van der Waals surface area contributed by atoms with Gasteiger partial charge in [0.05, 0.1) is 26.9 Å². The highest BCUT2D eigenvalue weighted by Gasteiger charge is 2.27. The summed E-state index contributed by atoms with van der Waals surface area (Å²) in [5.41, 5.74) is 2.35. The second-order valence-corrected chi connectivity index (χ2v) is 6.30. The lowest BCUT2D eigenvalue weighted by molar-refractivity contribution is 0.195. The van der Waals surface area contributed by atoms with Crippen molar-refractivity contribution in [2.45, 2.75) is 13.0 Å². The molecule has 1 saturated heterocycles. The van der Waals surface area contributed by atoms with Crippen LogP contribution in [0.3, 0.4) is 0 Å². The SMILES string of the molecule is CCOc1cccc(C(c2ccc(OC)cc2OC)N2CCNCC2)c1. The molecule has 5 heteroatoms.